The van der Waals surface area contributed by atoms with Crippen LogP contribution in [0.1, 0.15) is 36.8 Å². The quantitative estimate of drug-likeness (QED) is 0.787. The number of nitrogens with one attached hydrogen (secondary N) is 1. The van der Waals surface area contributed by atoms with Crippen LogP contribution in [-0.4, -0.2) is 17.8 Å². The number of aliphatic hydroxyl groups is 1. The lowest BCUT2D eigenvalue weighted by atomic mass is 10.1. The molecule has 3 heteroatoms. The number of rotatable bonds is 5. The molecule has 0 radical (unpaired) electrons. The highest BCUT2D eigenvalue weighted by Gasteiger charge is 2.13. The van der Waals surface area contributed by atoms with E-state index in [2.05, 4.69) is 37.5 Å². The molecule has 0 amide bonds. The fraction of sp³-hybridized carbons (Fsp3) is 0.636. The fourth-order valence-electron chi connectivity index (χ4n) is 1.56. The molecule has 1 aromatic rings. The molecule has 2 N–H and O–H groups in total. The third-order valence-electron chi connectivity index (χ3n) is 2.49. The van der Waals surface area contributed by atoms with Crippen molar-refractivity contribution in [3.8, 4) is 0 Å². The maximum Gasteiger partial charge on any atom is 0.0584 e. The van der Waals surface area contributed by atoms with Crippen LogP contribution >= 0.6 is 11.3 Å². The third-order valence-corrected chi connectivity index (χ3v) is 3.70. The summed E-state index contributed by atoms with van der Waals surface area (Å²) in [6.45, 7) is 6.58. The van der Waals surface area contributed by atoms with Crippen LogP contribution in [0.3, 0.4) is 0 Å². The van der Waals surface area contributed by atoms with Gasteiger partial charge in [-0.15, -0.1) is 11.3 Å². The van der Waals surface area contributed by atoms with Gasteiger partial charge in [0.25, 0.3) is 0 Å². The maximum absolute atomic E-state index is 9.08. The summed E-state index contributed by atoms with van der Waals surface area (Å²) in [5, 5.41) is 14.6. The summed E-state index contributed by atoms with van der Waals surface area (Å²) in [7, 11) is 0. The Kier molecular flexibility index (Phi) is 4.58. The summed E-state index contributed by atoms with van der Waals surface area (Å²) < 4.78 is 0. The molecular weight excluding hydrogens is 194 g/mol. The van der Waals surface area contributed by atoms with Crippen LogP contribution in [0.5, 0.6) is 0 Å². The second-order valence-corrected chi connectivity index (χ2v) is 4.59. The lowest BCUT2D eigenvalue weighted by molar-refractivity contribution is 0.230. The standard InChI is InChI=1S/C11H19NOS/c1-4-10(7-13)12-9(3)11-8(2)5-6-14-11/h5-6,9-10,12-13H,4,7H2,1-3H3. The van der Waals surface area contributed by atoms with E-state index in [1.165, 1.54) is 10.4 Å². The average Bonchev–Trinajstić information content (AvgIpc) is 2.60. The number of aryl methyl sites for hydroxylation is 1. The van der Waals surface area contributed by atoms with Gasteiger partial charge in [-0.2, -0.15) is 0 Å². The van der Waals surface area contributed by atoms with E-state index in [9.17, 15) is 0 Å². The Bertz CT molecular complexity index is 268. The zero-order chi connectivity index (χ0) is 10.6. The Hall–Kier alpha value is -0.380. The van der Waals surface area contributed by atoms with Gasteiger partial charge in [-0.1, -0.05) is 6.92 Å². The highest BCUT2D eigenvalue weighted by atomic mass is 32.1. The Morgan fingerprint density at radius 2 is 2.29 bits per heavy atom. The second kappa shape index (κ2) is 5.49. The van der Waals surface area contributed by atoms with Gasteiger partial charge in [-0.3, -0.25) is 0 Å². The summed E-state index contributed by atoms with van der Waals surface area (Å²) in [6.07, 6.45) is 0.964. The maximum atomic E-state index is 9.08. The molecule has 2 nitrogen and oxygen atoms in total. The van der Waals surface area contributed by atoms with Gasteiger partial charge in [0, 0.05) is 17.0 Å². The minimum atomic E-state index is 0.214. The molecule has 1 aromatic heterocycles. The molecule has 14 heavy (non-hydrogen) atoms. The highest BCUT2D eigenvalue weighted by molar-refractivity contribution is 7.10. The molecule has 2 unspecified atom stereocenters. The van der Waals surface area contributed by atoms with Crippen LogP contribution in [0.25, 0.3) is 0 Å². The van der Waals surface area contributed by atoms with Gasteiger partial charge in [0.1, 0.15) is 0 Å². The van der Waals surface area contributed by atoms with Crippen molar-refractivity contribution >= 4 is 11.3 Å². The van der Waals surface area contributed by atoms with E-state index in [1.54, 1.807) is 11.3 Å². The van der Waals surface area contributed by atoms with Crippen LogP contribution < -0.4 is 5.32 Å². The molecule has 80 valence electrons. The first-order valence-corrected chi connectivity index (χ1v) is 5.97. The van der Waals surface area contributed by atoms with Crippen molar-refractivity contribution in [3.05, 3.63) is 21.9 Å². The highest BCUT2D eigenvalue weighted by Crippen LogP contribution is 2.23. The largest absolute Gasteiger partial charge is 0.395 e. The van der Waals surface area contributed by atoms with E-state index in [0.29, 0.717) is 6.04 Å². The Balaban J connectivity index is 2.58. The van der Waals surface area contributed by atoms with Crippen molar-refractivity contribution in [1.82, 2.24) is 5.32 Å². The van der Waals surface area contributed by atoms with Gasteiger partial charge < -0.3 is 10.4 Å². The molecular formula is C11H19NOS. The second-order valence-electron chi connectivity index (χ2n) is 3.64. The summed E-state index contributed by atoms with van der Waals surface area (Å²) in [6, 6.07) is 2.69. The van der Waals surface area contributed by atoms with E-state index >= 15 is 0 Å². The normalized spacial score (nSPS) is 15.4. The first-order chi connectivity index (χ1) is 6.69. The monoisotopic (exact) mass is 213 g/mol. The van der Waals surface area contributed by atoms with Gasteiger partial charge >= 0.3 is 0 Å². The smallest absolute Gasteiger partial charge is 0.0584 e. The van der Waals surface area contributed by atoms with Crippen molar-refractivity contribution in [2.75, 3.05) is 6.61 Å². The lowest BCUT2D eigenvalue weighted by Crippen LogP contribution is -2.33. The van der Waals surface area contributed by atoms with Crippen LogP contribution in [-0.2, 0) is 0 Å². The Morgan fingerprint density at radius 1 is 1.57 bits per heavy atom. The average molecular weight is 213 g/mol. The first-order valence-electron chi connectivity index (χ1n) is 5.10. The molecule has 2 atom stereocenters. The number of hydrogen-bond acceptors (Lipinski definition) is 3. The van der Waals surface area contributed by atoms with Gasteiger partial charge in [0.05, 0.1) is 6.61 Å². The number of thiophene rings is 1. The molecule has 0 spiro atoms. The molecule has 0 aliphatic heterocycles. The molecule has 0 saturated carbocycles. The van der Waals surface area contributed by atoms with Crippen LogP contribution in [0.2, 0.25) is 0 Å². The third kappa shape index (κ3) is 2.80. The van der Waals surface area contributed by atoms with E-state index in [4.69, 9.17) is 5.11 Å². The van der Waals surface area contributed by atoms with Gasteiger partial charge in [0.2, 0.25) is 0 Å². The van der Waals surface area contributed by atoms with E-state index in [1.807, 2.05) is 0 Å². The predicted molar refractivity (Wildman–Crippen MR) is 61.8 cm³/mol. The topological polar surface area (TPSA) is 32.3 Å². The summed E-state index contributed by atoms with van der Waals surface area (Å²) in [5.74, 6) is 0. The van der Waals surface area contributed by atoms with Crippen molar-refractivity contribution in [3.63, 3.8) is 0 Å². The summed E-state index contributed by atoms with van der Waals surface area (Å²) in [4.78, 5) is 1.37. The Morgan fingerprint density at radius 3 is 2.71 bits per heavy atom. The van der Waals surface area contributed by atoms with E-state index in [-0.39, 0.29) is 12.6 Å². The minimum absolute atomic E-state index is 0.214. The summed E-state index contributed by atoms with van der Waals surface area (Å²) in [5.41, 5.74) is 1.34. The molecule has 1 rings (SSSR count). The van der Waals surface area contributed by atoms with Crippen molar-refractivity contribution in [2.45, 2.75) is 39.3 Å². The van der Waals surface area contributed by atoms with Crippen LogP contribution in [0.4, 0.5) is 0 Å². The minimum Gasteiger partial charge on any atom is -0.395 e. The fourth-order valence-corrected chi connectivity index (χ4v) is 2.50. The zero-order valence-corrected chi connectivity index (χ0v) is 9.90. The molecule has 0 aromatic carbocycles. The van der Waals surface area contributed by atoms with Crippen molar-refractivity contribution in [1.29, 1.82) is 0 Å². The van der Waals surface area contributed by atoms with Crippen molar-refractivity contribution in [2.24, 2.45) is 0 Å². The zero-order valence-electron chi connectivity index (χ0n) is 9.08. The van der Waals surface area contributed by atoms with E-state index < -0.39 is 0 Å². The van der Waals surface area contributed by atoms with Gasteiger partial charge in [0.15, 0.2) is 0 Å². The SMILES string of the molecule is CCC(CO)NC(C)c1sccc1C. The molecule has 0 saturated heterocycles. The summed E-state index contributed by atoms with van der Waals surface area (Å²) >= 11 is 1.78. The number of aliphatic hydroxyl groups excluding tert-OH is 1. The molecule has 0 fully saturated rings. The molecule has 0 bridgehead atoms. The van der Waals surface area contributed by atoms with E-state index in [0.717, 1.165) is 6.42 Å². The molecule has 0 aliphatic rings. The van der Waals surface area contributed by atoms with Gasteiger partial charge in [-0.25, -0.2) is 0 Å². The van der Waals surface area contributed by atoms with Crippen molar-refractivity contribution < 1.29 is 5.11 Å². The molecule has 0 aliphatic carbocycles. The lowest BCUT2D eigenvalue weighted by Gasteiger charge is -2.20. The molecule has 1 heterocycles. The van der Waals surface area contributed by atoms with Gasteiger partial charge in [-0.05, 0) is 37.3 Å². The van der Waals surface area contributed by atoms with Crippen LogP contribution in [0, 0.1) is 6.92 Å². The number of hydrogen-bond donors (Lipinski definition) is 2. The van der Waals surface area contributed by atoms with Crippen LogP contribution in [0.15, 0.2) is 11.4 Å². The predicted octanol–water partition coefficient (Wildman–Crippen LogP) is 2.48. The first kappa shape index (κ1) is 11.7. The Labute approximate surface area is 90.0 Å².